The number of rotatable bonds is 4. The molecule has 1 aromatic rings. The average molecular weight is 253 g/mol. The number of benzene rings is 1. The predicted molar refractivity (Wildman–Crippen MR) is 68.8 cm³/mol. The quantitative estimate of drug-likeness (QED) is 0.865. The summed E-state index contributed by atoms with van der Waals surface area (Å²) in [5.41, 5.74) is 0.402. The summed E-state index contributed by atoms with van der Waals surface area (Å²) in [5, 5.41) is 12.4. The molecule has 1 aromatic carbocycles. The summed E-state index contributed by atoms with van der Waals surface area (Å²) < 4.78 is 12.7. The third-order valence-electron chi connectivity index (χ3n) is 2.45. The molecule has 0 spiro atoms. The van der Waals surface area contributed by atoms with Crippen molar-refractivity contribution in [2.45, 2.75) is 33.3 Å². The Balaban J connectivity index is 2.44. The minimum absolute atomic E-state index is 0.0139. The number of aliphatic hydroxyl groups excluding tert-OH is 1. The van der Waals surface area contributed by atoms with Gasteiger partial charge in [0.1, 0.15) is 5.82 Å². The van der Waals surface area contributed by atoms with E-state index in [4.69, 9.17) is 0 Å². The fourth-order valence-corrected chi connectivity index (χ4v) is 1.69. The molecule has 0 aliphatic rings. The van der Waals surface area contributed by atoms with Crippen molar-refractivity contribution < 1.29 is 14.3 Å². The van der Waals surface area contributed by atoms with E-state index in [0.29, 0.717) is 12.0 Å². The lowest BCUT2D eigenvalue weighted by atomic mass is 9.89. The highest BCUT2D eigenvalue weighted by Crippen LogP contribution is 2.20. The van der Waals surface area contributed by atoms with Crippen LogP contribution in [0.2, 0.25) is 0 Å². The first kappa shape index (κ1) is 14.6. The Labute approximate surface area is 107 Å². The maximum Gasteiger partial charge on any atom is 0.251 e. The maximum atomic E-state index is 12.7. The first-order chi connectivity index (χ1) is 8.28. The molecule has 0 radical (unpaired) electrons. The van der Waals surface area contributed by atoms with Gasteiger partial charge in [-0.15, -0.1) is 0 Å². The molecule has 100 valence electrons. The number of carbonyl (C=O) groups is 1. The Bertz CT molecular complexity index is 395. The van der Waals surface area contributed by atoms with Crippen LogP contribution in [0, 0.1) is 11.2 Å². The van der Waals surface area contributed by atoms with Gasteiger partial charge in [-0.2, -0.15) is 0 Å². The Morgan fingerprint density at radius 3 is 2.39 bits per heavy atom. The molecule has 0 heterocycles. The Morgan fingerprint density at radius 2 is 1.89 bits per heavy atom. The monoisotopic (exact) mass is 253 g/mol. The molecule has 0 aliphatic carbocycles. The minimum Gasteiger partial charge on any atom is -0.391 e. The van der Waals surface area contributed by atoms with Crippen LogP contribution in [0.15, 0.2) is 24.3 Å². The zero-order chi connectivity index (χ0) is 13.8. The van der Waals surface area contributed by atoms with Gasteiger partial charge in [-0.3, -0.25) is 4.79 Å². The smallest absolute Gasteiger partial charge is 0.251 e. The molecule has 1 unspecified atom stereocenters. The third kappa shape index (κ3) is 5.27. The van der Waals surface area contributed by atoms with Gasteiger partial charge in [-0.05, 0) is 36.1 Å². The molecule has 0 saturated heterocycles. The van der Waals surface area contributed by atoms with Gasteiger partial charge in [0.05, 0.1) is 6.10 Å². The molecule has 18 heavy (non-hydrogen) atoms. The molecule has 1 amide bonds. The Morgan fingerprint density at radius 1 is 1.33 bits per heavy atom. The van der Waals surface area contributed by atoms with Gasteiger partial charge in [0.15, 0.2) is 0 Å². The average Bonchev–Trinajstić information content (AvgIpc) is 2.24. The van der Waals surface area contributed by atoms with Crippen molar-refractivity contribution in [1.82, 2.24) is 5.32 Å². The summed E-state index contributed by atoms with van der Waals surface area (Å²) in [6.45, 7) is 6.28. The summed E-state index contributed by atoms with van der Waals surface area (Å²) >= 11 is 0. The highest BCUT2D eigenvalue weighted by atomic mass is 19.1. The molecule has 0 saturated carbocycles. The normalized spacial score (nSPS) is 13.2. The highest BCUT2D eigenvalue weighted by molar-refractivity contribution is 5.94. The summed E-state index contributed by atoms with van der Waals surface area (Å²) in [7, 11) is 0. The maximum absolute atomic E-state index is 12.7. The van der Waals surface area contributed by atoms with Crippen molar-refractivity contribution in [3.8, 4) is 0 Å². The van der Waals surface area contributed by atoms with Crippen molar-refractivity contribution in [2.24, 2.45) is 5.41 Å². The fraction of sp³-hybridized carbons (Fsp3) is 0.500. The molecule has 0 aromatic heterocycles. The number of halogens is 1. The summed E-state index contributed by atoms with van der Waals surface area (Å²) in [4.78, 5) is 11.7. The summed E-state index contributed by atoms with van der Waals surface area (Å²) in [6.07, 6.45) is 0.0332. The van der Waals surface area contributed by atoms with E-state index in [1.807, 2.05) is 20.8 Å². The number of aliphatic hydroxyl groups is 1. The van der Waals surface area contributed by atoms with E-state index in [9.17, 15) is 14.3 Å². The van der Waals surface area contributed by atoms with Crippen LogP contribution >= 0.6 is 0 Å². The van der Waals surface area contributed by atoms with Crippen molar-refractivity contribution in [1.29, 1.82) is 0 Å². The SMILES string of the molecule is CC(C)(C)CC(O)CNC(=O)c1ccc(F)cc1. The Kier molecular flexibility index (Phi) is 4.84. The summed E-state index contributed by atoms with van der Waals surface area (Å²) in [6, 6.07) is 5.31. The lowest BCUT2D eigenvalue weighted by Crippen LogP contribution is -2.34. The molecular formula is C14H20FNO2. The number of carbonyl (C=O) groups excluding carboxylic acids is 1. The fourth-order valence-electron chi connectivity index (χ4n) is 1.69. The lowest BCUT2D eigenvalue weighted by molar-refractivity contribution is 0.0868. The number of nitrogens with one attached hydrogen (secondary N) is 1. The van der Waals surface area contributed by atoms with Crippen LogP contribution in [0.5, 0.6) is 0 Å². The molecule has 1 atom stereocenters. The van der Waals surface area contributed by atoms with Gasteiger partial charge < -0.3 is 10.4 Å². The van der Waals surface area contributed by atoms with Crippen LogP contribution in [-0.4, -0.2) is 23.7 Å². The first-order valence-corrected chi connectivity index (χ1v) is 6.00. The summed E-state index contributed by atoms with van der Waals surface area (Å²) in [5.74, 6) is -0.678. The highest BCUT2D eigenvalue weighted by Gasteiger charge is 2.17. The van der Waals surface area contributed by atoms with Crippen molar-refractivity contribution in [3.05, 3.63) is 35.6 Å². The second-order valence-electron chi connectivity index (χ2n) is 5.64. The predicted octanol–water partition coefficient (Wildman–Crippen LogP) is 2.35. The number of hydrogen-bond acceptors (Lipinski definition) is 2. The second-order valence-corrected chi connectivity index (χ2v) is 5.64. The van der Waals surface area contributed by atoms with Crippen molar-refractivity contribution in [3.63, 3.8) is 0 Å². The van der Waals surface area contributed by atoms with Crippen LogP contribution in [0.4, 0.5) is 4.39 Å². The van der Waals surface area contributed by atoms with Crippen LogP contribution < -0.4 is 5.32 Å². The third-order valence-corrected chi connectivity index (χ3v) is 2.45. The van der Waals surface area contributed by atoms with E-state index >= 15 is 0 Å². The van der Waals surface area contributed by atoms with Gasteiger partial charge in [-0.25, -0.2) is 4.39 Å². The van der Waals surface area contributed by atoms with E-state index in [1.165, 1.54) is 24.3 Å². The van der Waals surface area contributed by atoms with E-state index in [-0.39, 0.29) is 23.7 Å². The van der Waals surface area contributed by atoms with Crippen molar-refractivity contribution >= 4 is 5.91 Å². The number of hydrogen-bond donors (Lipinski definition) is 2. The largest absolute Gasteiger partial charge is 0.391 e. The van der Waals surface area contributed by atoms with Crippen molar-refractivity contribution in [2.75, 3.05) is 6.54 Å². The molecular weight excluding hydrogens is 233 g/mol. The van der Waals surface area contributed by atoms with Crippen LogP contribution in [-0.2, 0) is 0 Å². The zero-order valence-electron chi connectivity index (χ0n) is 11.0. The molecule has 3 nitrogen and oxygen atoms in total. The van der Waals surface area contributed by atoms with Gasteiger partial charge in [-0.1, -0.05) is 20.8 Å². The second kappa shape index (κ2) is 5.96. The minimum atomic E-state index is -0.575. The molecule has 0 bridgehead atoms. The van der Waals surface area contributed by atoms with Crippen LogP contribution in [0.25, 0.3) is 0 Å². The molecule has 1 rings (SSSR count). The van der Waals surface area contributed by atoms with Gasteiger partial charge >= 0.3 is 0 Å². The van der Waals surface area contributed by atoms with Crippen LogP contribution in [0.1, 0.15) is 37.6 Å². The van der Waals surface area contributed by atoms with Gasteiger partial charge in [0, 0.05) is 12.1 Å². The first-order valence-electron chi connectivity index (χ1n) is 6.00. The zero-order valence-corrected chi connectivity index (χ0v) is 11.0. The van der Waals surface area contributed by atoms with E-state index in [2.05, 4.69) is 5.32 Å². The van der Waals surface area contributed by atoms with Gasteiger partial charge in [0.25, 0.3) is 5.91 Å². The standard InChI is InChI=1S/C14H20FNO2/c1-14(2,3)8-12(17)9-16-13(18)10-4-6-11(15)7-5-10/h4-7,12,17H,8-9H2,1-3H3,(H,16,18). The topological polar surface area (TPSA) is 49.3 Å². The molecule has 0 aliphatic heterocycles. The molecule has 0 fully saturated rings. The van der Waals surface area contributed by atoms with Gasteiger partial charge in [0.2, 0.25) is 0 Å². The van der Waals surface area contributed by atoms with Crippen LogP contribution in [0.3, 0.4) is 0 Å². The number of amides is 1. The Hall–Kier alpha value is -1.42. The van der Waals surface area contributed by atoms with E-state index in [0.717, 1.165) is 0 Å². The molecule has 4 heteroatoms. The molecule has 2 N–H and O–H groups in total. The lowest BCUT2D eigenvalue weighted by Gasteiger charge is -2.22. The van der Waals surface area contributed by atoms with E-state index < -0.39 is 6.10 Å². The van der Waals surface area contributed by atoms with E-state index in [1.54, 1.807) is 0 Å².